The fourth-order valence-electron chi connectivity index (χ4n) is 6.92. The van der Waals surface area contributed by atoms with Crippen molar-refractivity contribution in [1.82, 2.24) is 21.1 Å². The number of ether oxygens (including phenoxy) is 1. The Morgan fingerprint density at radius 2 is 1.86 bits per heavy atom. The molecule has 4 aliphatic carbocycles. The van der Waals surface area contributed by atoms with Crippen LogP contribution in [-0.2, 0) is 4.79 Å². The van der Waals surface area contributed by atoms with Gasteiger partial charge in [0.25, 0.3) is 11.8 Å². The highest BCUT2D eigenvalue weighted by molar-refractivity contribution is 8.00. The molecule has 1 unspecified atom stereocenters. The molecule has 1 aromatic heterocycles. The Morgan fingerprint density at radius 3 is 2.47 bits per heavy atom. The van der Waals surface area contributed by atoms with Gasteiger partial charge in [0.1, 0.15) is 11.5 Å². The summed E-state index contributed by atoms with van der Waals surface area (Å²) in [6, 6.07) is 0.569. The van der Waals surface area contributed by atoms with Crippen LogP contribution in [0.25, 0.3) is 0 Å². The van der Waals surface area contributed by atoms with Crippen molar-refractivity contribution < 1.29 is 18.8 Å². The quantitative estimate of drug-likeness (QED) is 0.402. The number of hydrogen-bond donors (Lipinski definition) is 3. The zero-order valence-electron chi connectivity index (χ0n) is 22.1. The predicted octanol–water partition coefficient (Wildman–Crippen LogP) is 4.00. The van der Waals surface area contributed by atoms with Crippen molar-refractivity contribution in [3.05, 3.63) is 5.76 Å². The van der Waals surface area contributed by atoms with Gasteiger partial charge in [0.05, 0.1) is 5.41 Å². The van der Waals surface area contributed by atoms with Gasteiger partial charge < -0.3 is 25.2 Å². The lowest BCUT2D eigenvalue weighted by Gasteiger charge is -2.54. The van der Waals surface area contributed by atoms with Crippen LogP contribution in [0, 0.1) is 29.1 Å². The number of thioether (sulfide) groups is 1. The molecular weight excluding hydrogens is 476 g/mol. The molecule has 1 aliphatic heterocycles. The van der Waals surface area contributed by atoms with E-state index < -0.39 is 5.41 Å². The maximum absolute atomic E-state index is 13.4. The maximum atomic E-state index is 13.4. The molecule has 1 atom stereocenters. The van der Waals surface area contributed by atoms with Crippen LogP contribution in [0.5, 0.6) is 5.88 Å². The van der Waals surface area contributed by atoms with Gasteiger partial charge in [0.15, 0.2) is 0 Å². The lowest BCUT2D eigenvalue weighted by atomic mass is 9.54. The van der Waals surface area contributed by atoms with Crippen molar-refractivity contribution in [1.29, 1.82) is 0 Å². The first-order valence-electron chi connectivity index (χ1n) is 13.8. The number of amides is 2. The second kappa shape index (κ2) is 10.6. The van der Waals surface area contributed by atoms with Gasteiger partial charge in [-0.1, -0.05) is 13.8 Å². The van der Waals surface area contributed by atoms with Crippen molar-refractivity contribution in [2.45, 2.75) is 94.9 Å². The zero-order chi connectivity index (χ0) is 25.4. The highest BCUT2D eigenvalue weighted by Gasteiger charge is 2.49. The minimum absolute atomic E-state index is 0.0578. The molecule has 2 amide bonds. The van der Waals surface area contributed by atoms with Gasteiger partial charge in [-0.3, -0.25) is 9.59 Å². The first-order valence-corrected chi connectivity index (χ1v) is 14.7. The molecule has 0 aromatic carbocycles. The van der Waals surface area contributed by atoms with Crippen LogP contribution in [0.3, 0.4) is 0 Å². The highest BCUT2D eigenvalue weighted by Crippen LogP contribution is 2.53. The van der Waals surface area contributed by atoms with E-state index in [4.69, 9.17) is 9.26 Å². The van der Waals surface area contributed by atoms with Crippen molar-refractivity contribution >= 4 is 23.6 Å². The monoisotopic (exact) mass is 518 g/mol. The Morgan fingerprint density at radius 1 is 1.17 bits per heavy atom. The summed E-state index contributed by atoms with van der Waals surface area (Å²) in [7, 11) is 0. The largest absolute Gasteiger partial charge is 0.474 e. The highest BCUT2D eigenvalue weighted by atomic mass is 32.2. The normalized spacial score (nSPS) is 31.1. The lowest BCUT2D eigenvalue weighted by molar-refractivity contribution is -0.131. The molecule has 200 valence electrons. The van der Waals surface area contributed by atoms with Crippen LogP contribution in [0.2, 0.25) is 0 Å². The number of rotatable bonds is 10. The van der Waals surface area contributed by atoms with Crippen LogP contribution >= 0.6 is 11.8 Å². The van der Waals surface area contributed by atoms with E-state index in [1.54, 1.807) is 0 Å². The molecule has 5 aliphatic rings. The summed E-state index contributed by atoms with van der Waals surface area (Å²) in [4.78, 5) is 26.8. The molecular formula is C27H42N4O4S. The molecule has 36 heavy (non-hydrogen) atoms. The first-order chi connectivity index (χ1) is 17.2. The van der Waals surface area contributed by atoms with Gasteiger partial charge in [-0.05, 0) is 94.2 Å². The third kappa shape index (κ3) is 5.57. The summed E-state index contributed by atoms with van der Waals surface area (Å²) in [5, 5.41) is 14.1. The number of carbonyl (C=O) groups excluding carboxylic acids is 2. The Labute approximate surface area is 218 Å². The van der Waals surface area contributed by atoms with Gasteiger partial charge in [-0.15, -0.1) is 11.8 Å². The topological polar surface area (TPSA) is 105 Å². The summed E-state index contributed by atoms with van der Waals surface area (Å²) < 4.78 is 11.6. The molecule has 3 N–H and O–H groups in total. The molecule has 0 spiro atoms. The van der Waals surface area contributed by atoms with Crippen molar-refractivity contribution in [3.8, 4) is 5.88 Å². The van der Waals surface area contributed by atoms with Gasteiger partial charge in [-0.25, -0.2) is 0 Å². The second-order valence-electron chi connectivity index (χ2n) is 12.4. The van der Waals surface area contributed by atoms with Gasteiger partial charge in [0, 0.05) is 23.9 Å². The SMILES string of the molecule is CC(C)Sc1c(OCC(C)(C)C(=O)NCC2CCCN2)noc1C(=O)NC1C2CC3CC(C2)CC1C3. The first kappa shape index (κ1) is 25.9. The van der Waals surface area contributed by atoms with Crippen molar-refractivity contribution in [3.63, 3.8) is 0 Å². The van der Waals surface area contributed by atoms with E-state index in [1.807, 2.05) is 13.8 Å². The number of carbonyl (C=O) groups is 2. The van der Waals surface area contributed by atoms with E-state index in [0.29, 0.717) is 35.2 Å². The summed E-state index contributed by atoms with van der Waals surface area (Å²) in [6.07, 6.45) is 8.58. The average Bonchev–Trinajstić information content (AvgIpc) is 3.47. The van der Waals surface area contributed by atoms with E-state index >= 15 is 0 Å². The zero-order valence-corrected chi connectivity index (χ0v) is 22.9. The van der Waals surface area contributed by atoms with Gasteiger partial charge >= 0.3 is 0 Å². The van der Waals surface area contributed by atoms with Gasteiger partial charge in [-0.2, -0.15) is 0 Å². The molecule has 0 radical (unpaired) electrons. The molecule has 1 aromatic rings. The Kier molecular flexibility index (Phi) is 7.59. The smallest absolute Gasteiger partial charge is 0.291 e. The number of aromatic nitrogens is 1. The standard InChI is InChI=1S/C27H42N4O4S/c1-15(2)36-23-22(24(32)30-21-18-9-16-8-17(11-18)12-19(21)10-16)35-31-25(23)34-14-27(3,4)26(33)29-13-20-6-5-7-28-20/h15-21,28H,5-14H2,1-4H3,(H,29,33)(H,30,32). The Bertz CT molecular complexity index is 928. The Balaban J connectivity index is 1.22. The van der Waals surface area contributed by atoms with Crippen molar-refractivity contribution in [2.75, 3.05) is 19.7 Å². The summed E-state index contributed by atoms with van der Waals surface area (Å²) >= 11 is 1.51. The van der Waals surface area contributed by atoms with Crippen LogP contribution in [-0.4, -0.2) is 54.0 Å². The number of nitrogens with zero attached hydrogens (tertiary/aromatic N) is 1. The molecule has 6 rings (SSSR count). The average molecular weight is 519 g/mol. The maximum Gasteiger partial charge on any atom is 0.291 e. The number of hydrogen-bond acceptors (Lipinski definition) is 7. The van der Waals surface area contributed by atoms with E-state index in [-0.39, 0.29) is 35.5 Å². The van der Waals surface area contributed by atoms with E-state index in [1.165, 1.54) is 43.9 Å². The molecule has 9 heteroatoms. The van der Waals surface area contributed by atoms with E-state index in [0.717, 1.165) is 31.2 Å². The third-order valence-corrected chi connectivity index (χ3v) is 9.63. The summed E-state index contributed by atoms with van der Waals surface area (Å²) in [6.45, 7) is 9.63. The van der Waals surface area contributed by atoms with Crippen molar-refractivity contribution in [2.24, 2.45) is 29.1 Å². The molecule has 1 saturated heterocycles. The minimum Gasteiger partial charge on any atom is -0.474 e. The fraction of sp³-hybridized carbons (Fsp3) is 0.815. The molecule has 2 heterocycles. The fourth-order valence-corrected chi connectivity index (χ4v) is 7.83. The van der Waals surface area contributed by atoms with E-state index in [9.17, 15) is 9.59 Å². The summed E-state index contributed by atoms with van der Waals surface area (Å²) in [5.74, 6) is 3.15. The molecule has 4 saturated carbocycles. The Hall–Kier alpha value is -1.74. The number of nitrogens with one attached hydrogen (secondary N) is 3. The summed E-state index contributed by atoms with van der Waals surface area (Å²) in [5.41, 5.74) is -0.750. The molecule has 5 fully saturated rings. The van der Waals surface area contributed by atoms with Crippen LogP contribution in [0.15, 0.2) is 9.42 Å². The molecule has 8 nitrogen and oxygen atoms in total. The van der Waals surface area contributed by atoms with Crippen LogP contribution in [0.4, 0.5) is 0 Å². The van der Waals surface area contributed by atoms with Gasteiger partial charge in [0.2, 0.25) is 11.7 Å². The van der Waals surface area contributed by atoms with Crippen LogP contribution in [0.1, 0.15) is 83.2 Å². The molecule has 4 bridgehead atoms. The second-order valence-corrected chi connectivity index (χ2v) is 14.0. The van der Waals surface area contributed by atoms with Crippen LogP contribution < -0.4 is 20.7 Å². The minimum atomic E-state index is -0.750. The third-order valence-electron chi connectivity index (χ3n) is 8.56. The van der Waals surface area contributed by atoms with E-state index in [2.05, 4.69) is 35.0 Å². The predicted molar refractivity (Wildman–Crippen MR) is 139 cm³/mol. The lowest BCUT2D eigenvalue weighted by Crippen LogP contribution is -2.55.